The molecule has 33 heavy (non-hydrogen) atoms. The number of nitrogens with two attached hydrogens (primary N) is 2. The zero-order valence-electron chi connectivity index (χ0n) is 18.2. The van der Waals surface area contributed by atoms with Crippen LogP contribution in [0.3, 0.4) is 0 Å². The van der Waals surface area contributed by atoms with Crippen molar-refractivity contribution in [2.24, 2.45) is 11.1 Å². The van der Waals surface area contributed by atoms with Gasteiger partial charge in [0.1, 0.15) is 11.6 Å². The maximum atomic E-state index is 12.8. The number of anilines is 2. The Morgan fingerprint density at radius 3 is 2.79 bits per heavy atom. The van der Waals surface area contributed by atoms with Gasteiger partial charge in [-0.3, -0.25) is 4.79 Å². The summed E-state index contributed by atoms with van der Waals surface area (Å²) in [6.45, 7) is 1.46. The number of nitrogens with zero attached hydrogens (tertiary/aromatic N) is 3. The van der Waals surface area contributed by atoms with E-state index in [1.165, 1.54) is 22.9 Å². The summed E-state index contributed by atoms with van der Waals surface area (Å²) in [6.07, 6.45) is 5.96. The summed E-state index contributed by atoms with van der Waals surface area (Å²) >= 11 is 7.51. The maximum Gasteiger partial charge on any atom is 0.291 e. The van der Waals surface area contributed by atoms with Crippen LogP contribution >= 0.6 is 23.4 Å². The number of hydrogen-bond donors (Lipinski definition) is 3. The molecule has 3 aromatic rings. The highest BCUT2D eigenvalue weighted by molar-refractivity contribution is 7.99. The van der Waals surface area contributed by atoms with Crippen LogP contribution in [-0.2, 0) is 6.42 Å². The minimum absolute atomic E-state index is 0.00573. The predicted molar refractivity (Wildman–Crippen MR) is 130 cm³/mol. The van der Waals surface area contributed by atoms with E-state index in [1.54, 1.807) is 25.6 Å². The van der Waals surface area contributed by atoms with Crippen molar-refractivity contribution in [3.05, 3.63) is 63.2 Å². The van der Waals surface area contributed by atoms with E-state index in [9.17, 15) is 4.79 Å². The van der Waals surface area contributed by atoms with E-state index >= 15 is 0 Å². The first-order chi connectivity index (χ1) is 15.9. The molecule has 0 bridgehead atoms. The number of pyridine rings is 1. The molecule has 1 aliphatic carbocycles. The number of halogens is 1. The summed E-state index contributed by atoms with van der Waals surface area (Å²) in [7, 11) is 1.68. The lowest BCUT2D eigenvalue weighted by Gasteiger charge is -2.42. The van der Waals surface area contributed by atoms with E-state index in [4.69, 9.17) is 27.8 Å². The molecule has 1 spiro atoms. The van der Waals surface area contributed by atoms with Crippen molar-refractivity contribution >= 4 is 35.0 Å². The van der Waals surface area contributed by atoms with Crippen molar-refractivity contribution in [2.45, 2.75) is 35.2 Å². The first-order valence-corrected chi connectivity index (χ1v) is 11.9. The summed E-state index contributed by atoms with van der Waals surface area (Å²) in [5.74, 6) is 1.54. The summed E-state index contributed by atoms with van der Waals surface area (Å²) in [5, 5.41) is 0.951. The van der Waals surface area contributed by atoms with Gasteiger partial charge in [0, 0.05) is 30.2 Å². The van der Waals surface area contributed by atoms with Gasteiger partial charge in [-0.25, -0.2) is 9.97 Å². The number of ether oxygens (including phenoxy) is 1. The Morgan fingerprint density at radius 2 is 2.06 bits per heavy atom. The zero-order chi connectivity index (χ0) is 23.2. The van der Waals surface area contributed by atoms with Crippen LogP contribution in [-0.4, -0.2) is 35.2 Å². The fourth-order valence-electron chi connectivity index (χ4n) is 4.93. The van der Waals surface area contributed by atoms with Gasteiger partial charge >= 0.3 is 0 Å². The first kappa shape index (κ1) is 22.1. The van der Waals surface area contributed by atoms with Crippen molar-refractivity contribution in [1.82, 2.24) is 15.0 Å². The normalized spacial score (nSPS) is 19.0. The number of rotatable bonds is 4. The van der Waals surface area contributed by atoms with Crippen LogP contribution < -0.4 is 26.7 Å². The summed E-state index contributed by atoms with van der Waals surface area (Å²) in [5.41, 5.74) is 14.7. The molecule has 2 aromatic heterocycles. The number of nitrogen functional groups attached to an aromatic ring is 1. The Labute approximate surface area is 200 Å². The second kappa shape index (κ2) is 8.55. The van der Waals surface area contributed by atoms with Gasteiger partial charge in [0.05, 0.1) is 23.4 Å². The Balaban J connectivity index is 1.29. The summed E-state index contributed by atoms with van der Waals surface area (Å²) < 4.78 is 5.38. The average molecular weight is 485 g/mol. The third-order valence-corrected chi connectivity index (χ3v) is 8.29. The van der Waals surface area contributed by atoms with Crippen molar-refractivity contribution < 1.29 is 4.74 Å². The molecular formula is C23H25ClN6O2S. The lowest BCUT2D eigenvalue weighted by Crippen LogP contribution is -2.46. The van der Waals surface area contributed by atoms with Crippen LogP contribution in [0.25, 0.3) is 0 Å². The highest BCUT2D eigenvalue weighted by Gasteiger charge is 2.46. The summed E-state index contributed by atoms with van der Waals surface area (Å²) in [4.78, 5) is 26.9. The van der Waals surface area contributed by atoms with Crippen molar-refractivity contribution in [2.75, 3.05) is 30.8 Å². The van der Waals surface area contributed by atoms with E-state index < -0.39 is 0 Å². The largest absolute Gasteiger partial charge is 0.497 e. The Kier molecular flexibility index (Phi) is 5.72. The molecule has 5 N–H and O–H groups in total. The van der Waals surface area contributed by atoms with Crippen molar-refractivity contribution in [1.29, 1.82) is 0 Å². The fourth-order valence-corrected chi connectivity index (χ4v) is 5.97. The second-order valence-electron chi connectivity index (χ2n) is 8.58. The van der Waals surface area contributed by atoms with Gasteiger partial charge in [-0.1, -0.05) is 29.4 Å². The zero-order valence-corrected chi connectivity index (χ0v) is 19.7. The van der Waals surface area contributed by atoms with E-state index in [1.807, 2.05) is 11.0 Å². The van der Waals surface area contributed by atoms with Crippen LogP contribution in [0.15, 0.2) is 51.4 Å². The lowest BCUT2D eigenvalue weighted by atomic mass is 9.73. The molecule has 0 unspecified atom stereocenters. The second-order valence-corrected chi connectivity index (χ2v) is 10.0. The number of hydrogen-bond acceptors (Lipinski definition) is 8. The van der Waals surface area contributed by atoms with E-state index in [2.05, 4.69) is 27.1 Å². The van der Waals surface area contributed by atoms with Crippen LogP contribution in [0.1, 0.15) is 30.0 Å². The van der Waals surface area contributed by atoms with E-state index in [0.717, 1.165) is 38.1 Å². The molecule has 172 valence electrons. The number of nitrogens with one attached hydrogen (secondary N) is 1. The fraction of sp³-hybridized carbons (Fsp3) is 0.348. The van der Waals surface area contributed by atoms with Gasteiger partial charge in [0.2, 0.25) is 0 Å². The molecule has 8 nitrogen and oxygen atoms in total. The van der Waals surface area contributed by atoms with Gasteiger partial charge in [0.15, 0.2) is 5.82 Å². The van der Waals surface area contributed by atoms with Gasteiger partial charge in [-0.05, 0) is 54.0 Å². The van der Waals surface area contributed by atoms with Crippen LogP contribution in [0.4, 0.5) is 11.6 Å². The quantitative estimate of drug-likeness (QED) is 0.514. The van der Waals surface area contributed by atoms with Crippen LogP contribution in [0, 0.1) is 5.41 Å². The van der Waals surface area contributed by atoms with E-state index in [0.29, 0.717) is 20.8 Å². The van der Waals surface area contributed by atoms with Gasteiger partial charge in [0.25, 0.3) is 5.56 Å². The molecule has 0 saturated carbocycles. The predicted octanol–water partition coefficient (Wildman–Crippen LogP) is 3.40. The number of aromatic amines is 1. The molecule has 0 amide bonds. The third kappa shape index (κ3) is 3.94. The van der Waals surface area contributed by atoms with Crippen molar-refractivity contribution in [3.8, 4) is 5.75 Å². The Bertz CT molecular complexity index is 1260. The topological polar surface area (TPSA) is 123 Å². The number of aromatic nitrogens is 3. The number of fused-ring (bicyclic) bond motifs is 1. The molecule has 1 saturated heterocycles. The molecule has 10 heteroatoms. The highest BCUT2D eigenvalue weighted by atomic mass is 35.5. The standard InChI is InChI=1S/C23H25ClN6O2S/c1-32-14-2-3-15-13(10-14)11-23(19(15)25)5-8-30(9-6-23)21-22(31)29-17(12-28-21)33-16-4-7-27-20(26)18(16)24/h2-4,7,10,12,19H,5-6,8-9,11,25H2,1H3,(H2,26,27)(H,29,31)/t19-/m1/s1. The SMILES string of the molecule is COc1ccc2c(c1)CC1(CCN(c3ncc(Sc4ccnc(N)c4Cl)[nH]c3=O)CC1)[C@@H]2N. The number of piperidine rings is 1. The third-order valence-electron chi connectivity index (χ3n) is 6.79. The van der Waals surface area contributed by atoms with E-state index in [-0.39, 0.29) is 22.8 Å². The molecule has 1 aromatic carbocycles. The monoisotopic (exact) mass is 484 g/mol. The first-order valence-electron chi connectivity index (χ1n) is 10.7. The number of H-pyrrole nitrogens is 1. The number of benzene rings is 1. The Morgan fingerprint density at radius 1 is 1.27 bits per heavy atom. The van der Waals surface area contributed by atoms with Crippen LogP contribution in [0.5, 0.6) is 5.75 Å². The minimum Gasteiger partial charge on any atom is -0.497 e. The smallest absolute Gasteiger partial charge is 0.291 e. The van der Waals surface area contributed by atoms with Gasteiger partial charge in [-0.15, -0.1) is 0 Å². The Hall–Kier alpha value is -2.75. The number of methoxy groups -OCH3 is 1. The maximum absolute atomic E-state index is 12.8. The minimum atomic E-state index is -0.224. The van der Waals surface area contributed by atoms with Gasteiger partial charge < -0.3 is 26.1 Å². The van der Waals surface area contributed by atoms with Crippen LogP contribution in [0.2, 0.25) is 5.02 Å². The average Bonchev–Trinajstić information content (AvgIpc) is 3.08. The van der Waals surface area contributed by atoms with Crippen molar-refractivity contribution in [3.63, 3.8) is 0 Å². The summed E-state index contributed by atoms with van der Waals surface area (Å²) in [6, 6.07) is 7.90. The highest BCUT2D eigenvalue weighted by Crippen LogP contribution is 2.51. The molecule has 3 heterocycles. The van der Waals surface area contributed by atoms with Gasteiger partial charge in [-0.2, -0.15) is 0 Å². The molecule has 1 aliphatic heterocycles. The lowest BCUT2D eigenvalue weighted by molar-refractivity contribution is 0.187. The molecule has 2 aliphatic rings. The molecule has 1 fully saturated rings. The molecule has 1 atom stereocenters. The molecule has 5 rings (SSSR count). The molecule has 0 radical (unpaired) electrons. The molecular weight excluding hydrogens is 460 g/mol.